The molecule has 0 unspecified atom stereocenters. The summed E-state index contributed by atoms with van der Waals surface area (Å²) in [5.41, 5.74) is 1.60. The van der Waals surface area contributed by atoms with Crippen LogP contribution in [0.3, 0.4) is 0 Å². The van der Waals surface area contributed by atoms with Gasteiger partial charge in [0.15, 0.2) is 0 Å². The number of nitrogens with one attached hydrogen (secondary N) is 1. The van der Waals surface area contributed by atoms with Crippen molar-refractivity contribution in [2.75, 3.05) is 12.4 Å². The Labute approximate surface area is 147 Å². The van der Waals surface area contributed by atoms with Gasteiger partial charge in [-0.15, -0.1) is 5.10 Å². The average molecular weight is 388 g/mol. The minimum Gasteiger partial charge on any atom is -0.497 e. The number of rotatable bonds is 5. The molecule has 0 aliphatic rings. The van der Waals surface area contributed by atoms with E-state index in [0.29, 0.717) is 11.6 Å². The lowest BCUT2D eigenvalue weighted by Crippen LogP contribution is -2.14. The fourth-order valence-electron chi connectivity index (χ4n) is 2.14. The van der Waals surface area contributed by atoms with Crippen LogP contribution in [0.4, 0.5) is 6.01 Å². The molecule has 0 aliphatic carbocycles. The fraction of sp³-hybridized carbons (Fsp3) is 0.118. The summed E-state index contributed by atoms with van der Waals surface area (Å²) in [4.78, 5) is 12.1. The number of aromatic nitrogens is 2. The number of ether oxygens (including phenoxy) is 1. The number of hydrogen-bond donors (Lipinski definition) is 1. The summed E-state index contributed by atoms with van der Waals surface area (Å²) in [5.74, 6) is 0.802. The first-order valence-electron chi connectivity index (χ1n) is 7.16. The van der Waals surface area contributed by atoms with Crippen molar-refractivity contribution in [3.63, 3.8) is 0 Å². The van der Waals surface area contributed by atoms with Gasteiger partial charge in [0.2, 0.25) is 11.8 Å². The van der Waals surface area contributed by atoms with Crippen LogP contribution in [0.5, 0.6) is 5.75 Å². The summed E-state index contributed by atoms with van der Waals surface area (Å²) in [6.07, 6.45) is 0.186. The van der Waals surface area contributed by atoms with Gasteiger partial charge in [-0.1, -0.05) is 39.2 Å². The van der Waals surface area contributed by atoms with Crippen molar-refractivity contribution in [2.24, 2.45) is 0 Å². The van der Waals surface area contributed by atoms with Gasteiger partial charge in [-0.3, -0.25) is 10.1 Å². The van der Waals surface area contributed by atoms with Gasteiger partial charge >= 0.3 is 6.01 Å². The van der Waals surface area contributed by atoms with Gasteiger partial charge in [-0.2, -0.15) is 0 Å². The molecule has 1 aromatic heterocycles. The molecule has 0 radical (unpaired) electrons. The number of benzene rings is 2. The molecule has 1 N–H and O–H groups in total. The van der Waals surface area contributed by atoms with E-state index in [4.69, 9.17) is 9.15 Å². The highest BCUT2D eigenvalue weighted by atomic mass is 79.9. The molecule has 122 valence electrons. The third-order valence-corrected chi connectivity index (χ3v) is 3.74. The molecule has 6 nitrogen and oxygen atoms in total. The van der Waals surface area contributed by atoms with Gasteiger partial charge in [0.1, 0.15) is 5.75 Å². The number of hydrogen-bond acceptors (Lipinski definition) is 5. The smallest absolute Gasteiger partial charge is 0.322 e. The molecule has 1 amide bonds. The van der Waals surface area contributed by atoms with E-state index in [1.165, 1.54) is 0 Å². The quantitative estimate of drug-likeness (QED) is 0.722. The standard InChI is InChI=1S/C17H14BrN3O3/c1-23-14-7-2-4-11(8-14)9-15(22)19-17-21-20-16(24-17)12-5-3-6-13(18)10-12/h2-8,10H,9H2,1H3,(H,19,21,22). The minimum absolute atomic E-state index is 0.0675. The zero-order chi connectivity index (χ0) is 16.9. The maximum atomic E-state index is 12.1. The van der Waals surface area contributed by atoms with Gasteiger partial charge in [0.05, 0.1) is 13.5 Å². The second kappa shape index (κ2) is 7.27. The van der Waals surface area contributed by atoms with Gasteiger partial charge in [0.25, 0.3) is 0 Å². The van der Waals surface area contributed by atoms with Crippen molar-refractivity contribution in [2.45, 2.75) is 6.42 Å². The molecule has 2 aromatic carbocycles. The Morgan fingerprint density at radius 2 is 2.04 bits per heavy atom. The average Bonchev–Trinajstić information content (AvgIpc) is 3.03. The third-order valence-electron chi connectivity index (χ3n) is 3.24. The number of carbonyl (C=O) groups excluding carboxylic acids is 1. The molecule has 0 atom stereocenters. The highest BCUT2D eigenvalue weighted by Gasteiger charge is 2.12. The van der Waals surface area contributed by atoms with Crippen LogP contribution >= 0.6 is 15.9 Å². The number of carbonyl (C=O) groups is 1. The molecule has 3 aromatic rings. The Balaban J connectivity index is 1.67. The van der Waals surface area contributed by atoms with Crippen LogP contribution < -0.4 is 10.1 Å². The molecule has 7 heteroatoms. The van der Waals surface area contributed by atoms with Crippen molar-refractivity contribution in [1.82, 2.24) is 10.2 Å². The number of anilines is 1. The summed E-state index contributed by atoms with van der Waals surface area (Å²) in [5, 5.41) is 10.4. The number of methoxy groups -OCH3 is 1. The van der Waals surface area contributed by atoms with Crippen molar-refractivity contribution < 1.29 is 13.9 Å². The zero-order valence-corrected chi connectivity index (χ0v) is 14.4. The molecule has 24 heavy (non-hydrogen) atoms. The molecule has 0 saturated heterocycles. The van der Waals surface area contributed by atoms with E-state index in [-0.39, 0.29) is 18.3 Å². The van der Waals surface area contributed by atoms with Crippen LogP contribution in [0.25, 0.3) is 11.5 Å². The Hall–Kier alpha value is -2.67. The van der Waals surface area contributed by atoms with E-state index in [1.807, 2.05) is 42.5 Å². The van der Waals surface area contributed by atoms with E-state index in [1.54, 1.807) is 13.2 Å². The van der Waals surface area contributed by atoms with E-state index < -0.39 is 0 Å². The molecule has 0 saturated carbocycles. The molecule has 3 rings (SSSR count). The number of amides is 1. The van der Waals surface area contributed by atoms with Crippen molar-refractivity contribution in [1.29, 1.82) is 0 Å². The molecule has 0 bridgehead atoms. The van der Waals surface area contributed by atoms with E-state index >= 15 is 0 Å². The Bertz CT molecular complexity index is 864. The highest BCUT2D eigenvalue weighted by molar-refractivity contribution is 9.10. The molecule has 0 aliphatic heterocycles. The van der Waals surface area contributed by atoms with Gasteiger partial charge in [-0.05, 0) is 35.9 Å². The maximum absolute atomic E-state index is 12.1. The third kappa shape index (κ3) is 3.99. The Morgan fingerprint density at radius 3 is 2.83 bits per heavy atom. The molecule has 0 fully saturated rings. The summed E-state index contributed by atoms with van der Waals surface area (Å²) in [6, 6.07) is 14.8. The molecule has 0 spiro atoms. The van der Waals surface area contributed by atoms with Gasteiger partial charge in [-0.25, -0.2) is 0 Å². The second-order valence-electron chi connectivity index (χ2n) is 5.00. The highest BCUT2D eigenvalue weighted by Crippen LogP contribution is 2.23. The predicted molar refractivity (Wildman–Crippen MR) is 92.8 cm³/mol. The van der Waals surface area contributed by atoms with Gasteiger partial charge < -0.3 is 9.15 Å². The van der Waals surface area contributed by atoms with E-state index in [9.17, 15) is 4.79 Å². The lowest BCUT2D eigenvalue weighted by atomic mass is 10.1. The summed E-state index contributed by atoms with van der Waals surface area (Å²) < 4.78 is 11.5. The van der Waals surface area contributed by atoms with Crippen molar-refractivity contribution >= 4 is 27.9 Å². The first kappa shape index (κ1) is 16.2. The fourth-order valence-corrected chi connectivity index (χ4v) is 2.54. The lowest BCUT2D eigenvalue weighted by Gasteiger charge is -2.04. The number of nitrogens with zero attached hydrogens (tertiary/aromatic N) is 2. The minimum atomic E-state index is -0.243. The summed E-state index contributed by atoms with van der Waals surface area (Å²) >= 11 is 3.39. The van der Waals surface area contributed by atoms with Crippen LogP contribution in [0.2, 0.25) is 0 Å². The zero-order valence-electron chi connectivity index (χ0n) is 12.8. The first-order chi connectivity index (χ1) is 11.6. The van der Waals surface area contributed by atoms with Crippen LogP contribution in [-0.2, 0) is 11.2 Å². The largest absolute Gasteiger partial charge is 0.497 e. The lowest BCUT2D eigenvalue weighted by molar-refractivity contribution is -0.115. The van der Waals surface area contributed by atoms with Crippen molar-refractivity contribution in [3.8, 4) is 17.2 Å². The van der Waals surface area contributed by atoms with Gasteiger partial charge in [0, 0.05) is 10.0 Å². The predicted octanol–water partition coefficient (Wildman–Crippen LogP) is 3.69. The van der Waals surface area contributed by atoms with Crippen LogP contribution in [-0.4, -0.2) is 23.2 Å². The van der Waals surface area contributed by atoms with E-state index in [2.05, 4.69) is 31.4 Å². The number of halogens is 1. The SMILES string of the molecule is COc1cccc(CC(=O)Nc2nnc(-c3cccc(Br)c3)o2)c1. The molecular weight excluding hydrogens is 374 g/mol. The maximum Gasteiger partial charge on any atom is 0.322 e. The topological polar surface area (TPSA) is 77.2 Å². The normalized spacial score (nSPS) is 10.4. The summed E-state index contributed by atoms with van der Waals surface area (Å²) in [7, 11) is 1.58. The van der Waals surface area contributed by atoms with Crippen LogP contribution in [0.15, 0.2) is 57.4 Å². The first-order valence-corrected chi connectivity index (χ1v) is 7.95. The Kier molecular flexibility index (Phi) is 4.90. The van der Waals surface area contributed by atoms with Crippen molar-refractivity contribution in [3.05, 3.63) is 58.6 Å². The van der Waals surface area contributed by atoms with Crippen LogP contribution in [0, 0.1) is 0 Å². The summed E-state index contributed by atoms with van der Waals surface area (Å²) in [6.45, 7) is 0. The molecular formula is C17H14BrN3O3. The Morgan fingerprint density at radius 1 is 1.21 bits per heavy atom. The second-order valence-corrected chi connectivity index (χ2v) is 5.91. The molecule has 1 heterocycles. The van der Waals surface area contributed by atoms with Crippen LogP contribution in [0.1, 0.15) is 5.56 Å². The monoisotopic (exact) mass is 387 g/mol. The van der Waals surface area contributed by atoms with E-state index in [0.717, 1.165) is 15.6 Å².